The number of carbonyl (C=O) groups excluding carboxylic acids is 1. The van der Waals surface area contributed by atoms with Crippen molar-refractivity contribution in [3.8, 4) is 5.75 Å². The van der Waals surface area contributed by atoms with Gasteiger partial charge in [0.1, 0.15) is 5.75 Å². The molecule has 1 aliphatic rings. The summed E-state index contributed by atoms with van der Waals surface area (Å²) in [5.74, 6) is 0.621. The average molecular weight is 312 g/mol. The molecule has 0 atom stereocenters. The van der Waals surface area contributed by atoms with Gasteiger partial charge in [0.15, 0.2) is 0 Å². The number of ether oxygens (including phenoxy) is 1. The van der Waals surface area contributed by atoms with E-state index in [1.165, 1.54) is 0 Å². The van der Waals surface area contributed by atoms with Crippen LogP contribution in [0, 0.1) is 0 Å². The van der Waals surface area contributed by atoms with E-state index in [4.69, 9.17) is 16.3 Å². The van der Waals surface area contributed by atoms with Crippen LogP contribution in [0.25, 0.3) is 0 Å². The van der Waals surface area contributed by atoms with Crippen molar-refractivity contribution in [2.45, 2.75) is 13.3 Å². The number of piperazine rings is 1. The lowest BCUT2D eigenvalue weighted by Crippen LogP contribution is -2.46. The number of nitrogens with one attached hydrogen (secondary N) is 2. The highest BCUT2D eigenvalue weighted by Crippen LogP contribution is 2.28. The first-order valence-electron chi connectivity index (χ1n) is 7.34. The van der Waals surface area contributed by atoms with Gasteiger partial charge in [0.05, 0.1) is 18.8 Å². The van der Waals surface area contributed by atoms with Gasteiger partial charge in [-0.3, -0.25) is 9.69 Å². The quantitative estimate of drug-likeness (QED) is 0.843. The Balaban J connectivity index is 1.96. The van der Waals surface area contributed by atoms with E-state index >= 15 is 0 Å². The van der Waals surface area contributed by atoms with Crippen molar-refractivity contribution in [2.75, 3.05) is 44.6 Å². The fourth-order valence-electron chi connectivity index (χ4n) is 2.20. The Kier molecular flexibility index (Phi) is 6.29. The van der Waals surface area contributed by atoms with E-state index in [2.05, 4.69) is 15.5 Å². The molecular weight excluding hydrogens is 290 g/mol. The van der Waals surface area contributed by atoms with Gasteiger partial charge in [-0.25, -0.2) is 0 Å². The van der Waals surface area contributed by atoms with Crippen LogP contribution in [0.3, 0.4) is 0 Å². The molecular formula is C15H22ClN3O2. The van der Waals surface area contributed by atoms with Crippen LogP contribution in [-0.4, -0.2) is 50.1 Å². The molecule has 1 aliphatic heterocycles. The van der Waals surface area contributed by atoms with Crippen molar-refractivity contribution in [2.24, 2.45) is 0 Å². The van der Waals surface area contributed by atoms with Gasteiger partial charge in [-0.1, -0.05) is 18.5 Å². The molecule has 0 saturated carbocycles. The maximum Gasteiger partial charge on any atom is 0.238 e. The SMILES string of the molecule is CCCOc1ccc(Cl)cc1NC(=O)CN1CCNCC1. The molecule has 1 aromatic rings. The Morgan fingerprint density at radius 3 is 2.90 bits per heavy atom. The highest BCUT2D eigenvalue weighted by atomic mass is 35.5. The molecule has 1 amide bonds. The van der Waals surface area contributed by atoms with Crippen LogP contribution in [0.1, 0.15) is 13.3 Å². The molecule has 0 spiro atoms. The predicted molar refractivity (Wildman–Crippen MR) is 85.2 cm³/mol. The van der Waals surface area contributed by atoms with E-state index in [9.17, 15) is 4.79 Å². The highest BCUT2D eigenvalue weighted by Gasteiger charge is 2.15. The van der Waals surface area contributed by atoms with Crippen LogP contribution in [0.4, 0.5) is 5.69 Å². The lowest BCUT2D eigenvalue weighted by molar-refractivity contribution is -0.117. The summed E-state index contributed by atoms with van der Waals surface area (Å²) in [6.07, 6.45) is 0.913. The maximum atomic E-state index is 12.1. The van der Waals surface area contributed by atoms with Crippen LogP contribution in [0.5, 0.6) is 5.75 Å². The summed E-state index contributed by atoms with van der Waals surface area (Å²) in [6.45, 7) is 6.68. The summed E-state index contributed by atoms with van der Waals surface area (Å²) in [6, 6.07) is 5.28. The van der Waals surface area contributed by atoms with E-state index in [-0.39, 0.29) is 5.91 Å². The zero-order valence-corrected chi connectivity index (χ0v) is 13.1. The third-order valence-electron chi connectivity index (χ3n) is 3.25. The van der Waals surface area contributed by atoms with Gasteiger partial charge in [0.2, 0.25) is 5.91 Å². The Bertz CT molecular complexity index is 476. The zero-order chi connectivity index (χ0) is 15.1. The minimum Gasteiger partial charge on any atom is -0.491 e. The molecule has 1 fully saturated rings. The van der Waals surface area contributed by atoms with Gasteiger partial charge in [0.25, 0.3) is 0 Å². The number of hydrogen-bond donors (Lipinski definition) is 2. The Labute approximate surface area is 130 Å². The molecule has 21 heavy (non-hydrogen) atoms. The fourth-order valence-corrected chi connectivity index (χ4v) is 2.37. The van der Waals surface area contributed by atoms with Gasteiger partial charge >= 0.3 is 0 Å². The van der Waals surface area contributed by atoms with Crippen LogP contribution < -0.4 is 15.4 Å². The van der Waals surface area contributed by atoms with Crippen molar-refractivity contribution >= 4 is 23.2 Å². The normalized spacial score (nSPS) is 15.7. The van der Waals surface area contributed by atoms with E-state index in [0.29, 0.717) is 29.6 Å². The summed E-state index contributed by atoms with van der Waals surface area (Å²) < 4.78 is 5.64. The standard InChI is InChI=1S/C15H22ClN3O2/c1-2-9-21-14-4-3-12(16)10-13(14)18-15(20)11-19-7-5-17-6-8-19/h3-4,10,17H,2,5-9,11H2,1H3,(H,18,20). The number of hydrogen-bond acceptors (Lipinski definition) is 4. The molecule has 1 heterocycles. The predicted octanol–water partition coefficient (Wildman–Crippen LogP) is 1.97. The average Bonchev–Trinajstić information content (AvgIpc) is 2.47. The Morgan fingerprint density at radius 2 is 2.19 bits per heavy atom. The molecule has 2 N–H and O–H groups in total. The second-order valence-corrected chi connectivity index (χ2v) is 5.50. The summed E-state index contributed by atoms with van der Waals surface area (Å²) in [5.41, 5.74) is 0.635. The van der Waals surface area contributed by atoms with Gasteiger partial charge < -0.3 is 15.4 Å². The van der Waals surface area contributed by atoms with Crippen LogP contribution in [0.15, 0.2) is 18.2 Å². The summed E-state index contributed by atoms with van der Waals surface area (Å²) in [4.78, 5) is 14.3. The molecule has 0 aliphatic carbocycles. The number of benzene rings is 1. The first-order chi connectivity index (χ1) is 10.2. The Morgan fingerprint density at radius 1 is 1.43 bits per heavy atom. The van der Waals surface area contributed by atoms with Crippen molar-refractivity contribution in [3.63, 3.8) is 0 Å². The highest BCUT2D eigenvalue weighted by molar-refractivity contribution is 6.31. The molecule has 0 radical (unpaired) electrons. The van der Waals surface area contributed by atoms with E-state index in [1.807, 2.05) is 6.92 Å². The van der Waals surface area contributed by atoms with Gasteiger partial charge in [-0.2, -0.15) is 0 Å². The lowest BCUT2D eigenvalue weighted by Gasteiger charge is -2.26. The second kappa shape index (κ2) is 8.22. The number of rotatable bonds is 6. The molecule has 2 rings (SSSR count). The maximum absolute atomic E-state index is 12.1. The summed E-state index contributed by atoms with van der Waals surface area (Å²) in [5, 5.41) is 6.74. The molecule has 6 heteroatoms. The smallest absolute Gasteiger partial charge is 0.238 e. The lowest BCUT2D eigenvalue weighted by atomic mass is 10.2. The van der Waals surface area contributed by atoms with Gasteiger partial charge in [-0.15, -0.1) is 0 Å². The summed E-state index contributed by atoms with van der Waals surface area (Å²) >= 11 is 6.00. The minimum atomic E-state index is -0.0412. The van der Waals surface area contributed by atoms with Crippen molar-refractivity contribution in [1.82, 2.24) is 10.2 Å². The van der Waals surface area contributed by atoms with Gasteiger partial charge in [0, 0.05) is 31.2 Å². The number of halogens is 1. The van der Waals surface area contributed by atoms with Crippen LogP contribution in [0.2, 0.25) is 5.02 Å². The summed E-state index contributed by atoms with van der Waals surface area (Å²) in [7, 11) is 0. The molecule has 1 saturated heterocycles. The van der Waals surface area contributed by atoms with Crippen LogP contribution >= 0.6 is 11.6 Å². The largest absolute Gasteiger partial charge is 0.491 e. The number of nitrogens with zero attached hydrogens (tertiary/aromatic N) is 1. The molecule has 116 valence electrons. The molecule has 0 bridgehead atoms. The van der Waals surface area contributed by atoms with E-state index in [1.54, 1.807) is 18.2 Å². The topological polar surface area (TPSA) is 53.6 Å². The Hall–Kier alpha value is -1.30. The van der Waals surface area contributed by atoms with Crippen LogP contribution in [-0.2, 0) is 4.79 Å². The molecule has 0 aromatic heterocycles. The zero-order valence-electron chi connectivity index (χ0n) is 12.3. The first kappa shape index (κ1) is 16.1. The number of amides is 1. The number of carbonyl (C=O) groups is 1. The second-order valence-electron chi connectivity index (χ2n) is 5.06. The fraction of sp³-hybridized carbons (Fsp3) is 0.533. The molecule has 1 aromatic carbocycles. The van der Waals surface area contributed by atoms with Crippen molar-refractivity contribution in [3.05, 3.63) is 23.2 Å². The van der Waals surface area contributed by atoms with Gasteiger partial charge in [-0.05, 0) is 24.6 Å². The third kappa shape index (κ3) is 5.19. The van der Waals surface area contributed by atoms with Crippen molar-refractivity contribution < 1.29 is 9.53 Å². The molecule has 5 nitrogen and oxygen atoms in total. The van der Waals surface area contributed by atoms with E-state index < -0.39 is 0 Å². The monoisotopic (exact) mass is 311 g/mol. The minimum absolute atomic E-state index is 0.0412. The molecule has 0 unspecified atom stereocenters. The third-order valence-corrected chi connectivity index (χ3v) is 3.49. The first-order valence-corrected chi connectivity index (χ1v) is 7.72. The van der Waals surface area contributed by atoms with Crippen molar-refractivity contribution in [1.29, 1.82) is 0 Å². The number of anilines is 1. The van der Waals surface area contributed by atoms with E-state index in [0.717, 1.165) is 32.6 Å².